The first-order chi connectivity index (χ1) is 7.42. The lowest BCUT2D eigenvalue weighted by Gasteiger charge is -1.98. The molecule has 15 heavy (non-hydrogen) atoms. The highest BCUT2D eigenvalue weighted by Crippen LogP contribution is 2.40. The first-order valence-electron chi connectivity index (χ1n) is 5.26. The minimum atomic E-state index is 0.615. The van der Waals surface area contributed by atoms with Crippen molar-refractivity contribution in [3.8, 4) is 0 Å². The zero-order chi connectivity index (χ0) is 11.7. The molecule has 1 aromatic heterocycles. The van der Waals surface area contributed by atoms with E-state index < -0.39 is 0 Å². The van der Waals surface area contributed by atoms with Crippen molar-refractivity contribution in [2.75, 3.05) is 7.11 Å². The minimum Gasteiger partial charge on any atom is -0.400 e. The fraction of sp³-hybridized carbons (Fsp3) is 0.500. The standard InChI is InChI=1S/C9H9NO.C2H6.CH4O/c11-6-9-8(7-3-4-7)2-1-5-10-9;2*1-2/h1-2,5-7H,3-4H2;1-2H3;2H,1H3. The fourth-order valence-corrected chi connectivity index (χ4v) is 1.27. The summed E-state index contributed by atoms with van der Waals surface area (Å²) in [5, 5.41) is 7.00. The van der Waals surface area contributed by atoms with Gasteiger partial charge in [0.05, 0.1) is 0 Å². The third-order valence-electron chi connectivity index (χ3n) is 2.00. The average molecular weight is 209 g/mol. The van der Waals surface area contributed by atoms with E-state index in [-0.39, 0.29) is 0 Å². The van der Waals surface area contributed by atoms with Crippen molar-refractivity contribution in [3.63, 3.8) is 0 Å². The summed E-state index contributed by atoms with van der Waals surface area (Å²) in [6.45, 7) is 4.00. The SMILES string of the molecule is CC.CO.O=Cc1ncccc1C1CC1. The number of aldehydes is 1. The molecule has 1 aliphatic carbocycles. The molecule has 0 aliphatic heterocycles. The molecule has 0 radical (unpaired) electrons. The van der Waals surface area contributed by atoms with Crippen LogP contribution in [0, 0.1) is 0 Å². The maximum Gasteiger partial charge on any atom is 0.168 e. The van der Waals surface area contributed by atoms with Gasteiger partial charge in [-0.2, -0.15) is 0 Å². The lowest BCUT2D eigenvalue weighted by molar-refractivity contribution is 0.111. The number of aliphatic hydroxyl groups excluding tert-OH is 1. The number of carbonyl (C=O) groups is 1. The molecule has 3 heteroatoms. The highest BCUT2D eigenvalue weighted by molar-refractivity contribution is 5.74. The predicted octanol–water partition coefficient (Wildman–Crippen LogP) is 2.41. The summed E-state index contributed by atoms with van der Waals surface area (Å²) in [6.07, 6.45) is 4.93. The van der Waals surface area contributed by atoms with Gasteiger partial charge in [-0.3, -0.25) is 9.78 Å². The Kier molecular flexibility index (Phi) is 7.46. The Morgan fingerprint density at radius 2 is 2.00 bits per heavy atom. The van der Waals surface area contributed by atoms with Crippen LogP contribution in [-0.4, -0.2) is 23.5 Å². The second-order valence-corrected chi connectivity index (χ2v) is 2.87. The van der Waals surface area contributed by atoms with Crippen LogP contribution in [0.2, 0.25) is 0 Å². The first-order valence-corrected chi connectivity index (χ1v) is 5.26. The second-order valence-electron chi connectivity index (χ2n) is 2.87. The number of nitrogens with zero attached hydrogens (tertiary/aromatic N) is 1. The molecule has 0 atom stereocenters. The van der Waals surface area contributed by atoms with Crippen LogP contribution in [-0.2, 0) is 0 Å². The van der Waals surface area contributed by atoms with Crippen molar-refractivity contribution in [2.45, 2.75) is 32.6 Å². The van der Waals surface area contributed by atoms with Crippen molar-refractivity contribution < 1.29 is 9.90 Å². The van der Waals surface area contributed by atoms with Crippen LogP contribution in [0.4, 0.5) is 0 Å². The molecule has 0 bridgehead atoms. The summed E-state index contributed by atoms with van der Waals surface area (Å²) in [5.41, 5.74) is 1.75. The van der Waals surface area contributed by atoms with E-state index in [0.717, 1.165) is 19.0 Å². The molecule has 0 saturated heterocycles. The number of aliphatic hydroxyl groups is 1. The second kappa shape index (κ2) is 8.12. The summed E-state index contributed by atoms with van der Waals surface area (Å²) in [6, 6.07) is 3.88. The van der Waals surface area contributed by atoms with E-state index in [2.05, 4.69) is 4.98 Å². The van der Waals surface area contributed by atoms with Crippen LogP contribution in [0.3, 0.4) is 0 Å². The van der Waals surface area contributed by atoms with E-state index in [9.17, 15) is 4.79 Å². The Morgan fingerprint density at radius 1 is 1.40 bits per heavy atom. The Labute approximate surface area is 91.2 Å². The predicted molar refractivity (Wildman–Crippen MR) is 61.1 cm³/mol. The maximum absolute atomic E-state index is 10.5. The summed E-state index contributed by atoms with van der Waals surface area (Å²) < 4.78 is 0. The van der Waals surface area contributed by atoms with Gasteiger partial charge in [-0.25, -0.2) is 0 Å². The Bertz CT molecular complexity index is 283. The zero-order valence-electron chi connectivity index (χ0n) is 9.60. The van der Waals surface area contributed by atoms with Crippen LogP contribution >= 0.6 is 0 Å². The normalized spacial score (nSPS) is 12.8. The zero-order valence-corrected chi connectivity index (χ0v) is 9.60. The topological polar surface area (TPSA) is 50.2 Å². The molecule has 0 aromatic carbocycles. The van der Waals surface area contributed by atoms with Gasteiger partial charge in [0.2, 0.25) is 0 Å². The quantitative estimate of drug-likeness (QED) is 0.761. The summed E-state index contributed by atoms with van der Waals surface area (Å²) in [7, 11) is 1.00. The number of hydrogen-bond donors (Lipinski definition) is 1. The van der Waals surface area contributed by atoms with Crippen molar-refractivity contribution in [1.29, 1.82) is 0 Å². The number of pyridine rings is 1. The molecule has 1 heterocycles. The first kappa shape index (κ1) is 13.8. The summed E-state index contributed by atoms with van der Waals surface area (Å²) >= 11 is 0. The van der Waals surface area contributed by atoms with Gasteiger partial charge in [0, 0.05) is 13.3 Å². The van der Waals surface area contributed by atoms with Crippen molar-refractivity contribution in [2.24, 2.45) is 0 Å². The van der Waals surface area contributed by atoms with Gasteiger partial charge in [-0.05, 0) is 30.4 Å². The molecule has 1 N–H and O–H groups in total. The van der Waals surface area contributed by atoms with E-state index in [1.807, 2.05) is 26.0 Å². The maximum atomic E-state index is 10.5. The monoisotopic (exact) mass is 209 g/mol. The number of hydrogen-bond acceptors (Lipinski definition) is 3. The minimum absolute atomic E-state index is 0.615. The molecule has 1 fully saturated rings. The number of carbonyl (C=O) groups excluding carboxylic acids is 1. The smallest absolute Gasteiger partial charge is 0.168 e. The van der Waals surface area contributed by atoms with Crippen LogP contribution in [0.1, 0.15) is 48.7 Å². The number of rotatable bonds is 2. The highest BCUT2D eigenvalue weighted by atomic mass is 16.2. The van der Waals surface area contributed by atoms with E-state index in [0.29, 0.717) is 11.6 Å². The third-order valence-corrected chi connectivity index (χ3v) is 2.00. The van der Waals surface area contributed by atoms with Crippen molar-refractivity contribution in [1.82, 2.24) is 4.98 Å². The molecule has 2 rings (SSSR count). The van der Waals surface area contributed by atoms with Gasteiger partial charge in [0.1, 0.15) is 5.69 Å². The van der Waals surface area contributed by atoms with Gasteiger partial charge < -0.3 is 5.11 Å². The van der Waals surface area contributed by atoms with Crippen molar-refractivity contribution in [3.05, 3.63) is 29.6 Å². The Balaban J connectivity index is 0.000000442. The molecular weight excluding hydrogens is 190 g/mol. The molecule has 1 saturated carbocycles. The van der Waals surface area contributed by atoms with Gasteiger partial charge in [-0.15, -0.1) is 0 Å². The van der Waals surface area contributed by atoms with E-state index in [1.165, 1.54) is 12.8 Å². The number of aromatic nitrogens is 1. The molecule has 1 aromatic rings. The van der Waals surface area contributed by atoms with E-state index in [1.54, 1.807) is 6.20 Å². The van der Waals surface area contributed by atoms with Crippen LogP contribution in [0.15, 0.2) is 18.3 Å². The molecule has 0 spiro atoms. The average Bonchev–Trinajstić information content (AvgIpc) is 3.18. The van der Waals surface area contributed by atoms with E-state index in [4.69, 9.17) is 5.11 Å². The summed E-state index contributed by atoms with van der Waals surface area (Å²) in [5.74, 6) is 0.615. The van der Waals surface area contributed by atoms with Crippen LogP contribution in [0.25, 0.3) is 0 Å². The van der Waals surface area contributed by atoms with Gasteiger partial charge in [0.25, 0.3) is 0 Å². The largest absolute Gasteiger partial charge is 0.400 e. The molecule has 84 valence electrons. The fourth-order valence-electron chi connectivity index (χ4n) is 1.27. The van der Waals surface area contributed by atoms with Gasteiger partial charge in [-0.1, -0.05) is 19.9 Å². The Morgan fingerprint density at radius 3 is 2.47 bits per heavy atom. The highest BCUT2D eigenvalue weighted by Gasteiger charge is 2.25. The molecule has 1 aliphatic rings. The Hall–Kier alpha value is -1.22. The van der Waals surface area contributed by atoms with Gasteiger partial charge >= 0.3 is 0 Å². The lowest BCUT2D eigenvalue weighted by Crippen LogP contribution is -1.92. The van der Waals surface area contributed by atoms with Crippen LogP contribution < -0.4 is 0 Å². The molecule has 3 nitrogen and oxygen atoms in total. The summed E-state index contributed by atoms with van der Waals surface area (Å²) in [4.78, 5) is 14.5. The van der Waals surface area contributed by atoms with Crippen LogP contribution in [0.5, 0.6) is 0 Å². The third kappa shape index (κ3) is 4.21. The van der Waals surface area contributed by atoms with E-state index >= 15 is 0 Å². The molecule has 0 amide bonds. The van der Waals surface area contributed by atoms with Crippen molar-refractivity contribution >= 4 is 6.29 Å². The lowest BCUT2D eigenvalue weighted by atomic mass is 10.1. The molecular formula is C12H19NO2. The van der Waals surface area contributed by atoms with Gasteiger partial charge in [0.15, 0.2) is 6.29 Å². The molecule has 0 unspecified atom stereocenters.